The molecule has 29 heavy (non-hydrogen) atoms. The van der Waals surface area contributed by atoms with Gasteiger partial charge in [-0.2, -0.15) is 4.39 Å². The van der Waals surface area contributed by atoms with Gasteiger partial charge in [-0.3, -0.25) is 4.79 Å². The van der Waals surface area contributed by atoms with E-state index in [1.807, 2.05) is 0 Å². The van der Waals surface area contributed by atoms with Crippen molar-refractivity contribution in [3.05, 3.63) is 41.2 Å². The molecule has 2 aliphatic rings. The maximum absolute atomic E-state index is 13.2. The van der Waals surface area contributed by atoms with Gasteiger partial charge in [-0.05, 0) is 55.7 Å². The van der Waals surface area contributed by atoms with Gasteiger partial charge in [0.05, 0.1) is 22.3 Å². The quantitative estimate of drug-likeness (QED) is 0.712. The van der Waals surface area contributed by atoms with Gasteiger partial charge in [0.1, 0.15) is 0 Å². The summed E-state index contributed by atoms with van der Waals surface area (Å²) in [6.45, 7) is 1.35. The zero-order valence-corrected chi connectivity index (χ0v) is 17.5. The minimum absolute atomic E-state index is 0.220. The van der Waals surface area contributed by atoms with Crippen molar-refractivity contribution >= 4 is 32.2 Å². The molecule has 1 N–H and O–H groups in total. The van der Waals surface area contributed by atoms with Crippen LogP contribution in [0, 0.1) is 11.0 Å². The number of sulfone groups is 1. The zero-order valence-electron chi connectivity index (χ0n) is 15.8. The summed E-state index contributed by atoms with van der Waals surface area (Å²) in [6, 6.07) is 6.63. The SMILES string of the molecule is O=C(Nc1ncc(F)s1)[C@H](CC1CCOCC1)c1ccc(S(=O)(=O)C2CC2)cc1. The number of carbonyl (C=O) groups excluding carboxylic acids is 1. The van der Waals surface area contributed by atoms with E-state index in [9.17, 15) is 17.6 Å². The van der Waals surface area contributed by atoms with Crippen LogP contribution in [0.15, 0.2) is 35.4 Å². The molecule has 1 aliphatic carbocycles. The first-order valence-corrected chi connectivity index (χ1v) is 12.1. The van der Waals surface area contributed by atoms with Crippen molar-refractivity contribution < 1.29 is 22.3 Å². The number of hydrogen-bond donors (Lipinski definition) is 1. The normalized spacial score (nSPS) is 19.1. The fraction of sp³-hybridized carbons (Fsp3) is 0.500. The summed E-state index contributed by atoms with van der Waals surface area (Å²) in [4.78, 5) is 17.1. The number of aromatic nitrogens is 1. The van der Waals surface area contributed by atoms with Crippen molar-refractivity contribution in [3.8, 4) is 0 Å². The van der Waals surface area contributed by atoms with Gasteiger partial charge in [0.2, 0.25) is 5.91 Å². The molecule has 1 saturated heterocycles. The van der Waals surface area contributed by atoms with Crippen molar-refractivity contribution in [1.82, 2.24) is 4.98 Å². The molecule has 2 fully saturated rings. The first-order chi connectivity index (χ1) is 13.9. The third kappa shape index (κ3) is 4.84. The molecule has 0 bridgehead atoms. The zero-order chi connectivity index (χ0) is 20.4. The molecule has 0 radical (unpaired) electrons. The van der Waals surface area contributed by atoms with Crippen LogP contribution < -0.4 is 5.32 Å². The number of ether oxygens (including phenoxy) is 1. The number of hydrogen-bond acceptors (Lipinski definition) is 6. The van der Waals surface area contributed by atoms with Crippen molar-refractivity contribution in [2.45, 2.75) is 48.2 Å². The Morgan fingerprint density at radius 1 is 1.21 bits per heavy atom. The van der Waals surface area contributed by atoms with E-state index in [-0.39, 0.29) is 16.3 Å². The van der Waals surface area contributed by atoms with Crippen molar-refractivity contribution in [1.29, 1.82) is 0 Å². The summed E-state index contributed by atoms with van der Waals surface area (Å²) in [5, 5.41) is 2.19. The molecule has 156 valence electrons. The number of nitrogens with zero attached hydrogens (tertiary/aromatic N) is 1. The van der Waals surface area contributed by atoms with Gasteiger partial charge in [-0.25, -0.2) is 13.4 Å². The molecule has 1 aliphatic heterocycles. The van der Waals surface area contributed by atoms with Crippen LogP contribution in [0.25, 0.3) is 0 Å². The minimum Gasteiger partial charge on any atom is -0.381 e. The lowest BCUT2D eigenvalue weighted by molar-refractivity contribution is -0.118. The number of halogens is 1. The van der Waals surface area contributed by atoms with E-state index in [2.05, 4.69) is 10.3 Å². The summed E-state index contributed by atoms with van der Waals surface area (Å²) < 4.78 is 43.5. The van der Waals surface area contributed by atoms with E-state index >= 15 is 0 Å². The predicted octanol–water partition coefficient (Wildman–Crippen LogP) is 3.76. The molecule has 4 rings (SSSR count). The molecule has 1 atom stereocenters. The molecule has 0 spiro atoms. The van der Waals surface area contributed by atoms with Crippen LogP contribution in [0.1, 0.15) is 43.6 Å². The third-order valence-corrected chi connectivity index (χ3v) is 8.49. The van der Waals surface area contributed by atoms with Crippen molar-refractivity contribution in [2.75, 3.05) is 18.5 Å². The van der Waals surface area contributed by atoms with Crippen LogP contribution in [-0.4, -0.2) is 37.8 Å². The maximum atomic E-state index is 13.2. The Morgan fingerprint density at radius 3 is 2.48 bits per heavy atom. The largest absolute Gasteiger partial charge is 0.381 e. The number of thiazole rings is 1. The minimum atomic E-state index is -3.27. The van der Waals surface area contributed by atoms with E-state index in [4.69, 9.17) is 4.74 Å². The second-order valence-electron chi connectivity index (χ2n) is 7.62. The second-order valence-corrected chi connectivity index (χ2v) is 10.8. The van der Waals surface area contributed by atoms with Gasteiger partial charge in [-0.15, -0.1) is 0 Å². The average Bonchev–Trinajstić information content (AvgIpc) is 3.51. The molecule has 6 nitrogen and oxygen atoms in total. The number of benzene rings is 1. The molecular formula is C20H23FN2O4S2. The van der Waals surface area contributed by atoms with Crippen LogP contribution in [0.2, 0.25) is 0 Å². The molecular weight excluding hydrogens is 415 g/mol. The molecule has 0 unspecified atom stereocenters. The summed E-state index contributed by atoms with van der Waals surface area (Å²) >= 11 is 0.782. The van der Waals surface area contributed by atoms with E-state index in [1.165, 1.54) is 0 Å². The Hall–Kier alpha value is -1.84. The van der Waals surface area contributed by atoms with Gasteiger partial charge in [0.15, 0.2) is 20.1 Å². The summed E-state index contributed by atoms with van der Waals surface area (Å²) in [6.07, 6.45) is 4.88. The first kappa shape index (κ1) is 20.4. The highest BCUT2D eigenvalue weighted by Crippen LogP contribution is 2.35. The van der Waals surface area contributed by atoms with Gasteiger partial charge < -0.3 is 10.1 Å². The van der Waals surface area contributed by atoms with Gasteiger partial charge in [-0.1, -0.05) is 23.5 Å². The fourth-order valence-electron chi connectivity index (χ4n) is 3.68. The van der Waals surface area contributed by atoms with Crippen LogP contribution >= 0.6 is 11.3 Å². The first-order valence-electron chi connectivity index (χ1n) is 9.77. The Morgan fingerprint density at radius 2 is 1.90 bits per heavy atom. The fourth-order valence-corrected chi connectivity index (χ4v) is 5.88. The number of nitrogens with one attached hydrogen (secondary N) is 1. The maximum Gasteiger partial charge on any atom is 0.233 e. The van der Waals surface area contributed by atoms with E-state index in [0.717, 1.165) is 35.9 Å². The predicted molar refractivity (Wildman–Crippen MR) is 108 cm³/mol. The third-order valence-electron chi connectivity index (χ3n) is 5.51. The lowest BCUT2D eigenvalue weighted by Crippen LogP contribution is -2.26. The lowest BCUT2D eigenvalue weighted by atomic mass is 9.84. The Labute approximate surface area is 173 Å². The number of amides is 1. The van der Waals surface area contributed by atoms with Crippen LogP contribution in [0.5, 0.6) is 0 Å². The highest BCUT2D eigenvalue weighted by atomic mass is 32.2. The smallest absolute Gasteiger partial charge is 0.233 e. The standard InChI is InChI=1S/C20H23FN2O4S2/c21-18-12-22-20(28-18)23-19(24)17(11-13-7-9-27-10-8-13)14-1-3-15(4-2-14)29(25,26)16-5-6-16/h1-4,12-13,16-17H,5-11H2,(H,22,23,24)/t17-/m1/s1. The van der Waals surface area contributed by atoms with E-state index < -0.39 is 20.9 Å². The second kappa shape index (κ2) is 8.49. The summed E-state index contributed by atoms with van der Waals surface area (Å²) in [7, 11) is -3.27. The Balaban J connectivity index is 1.55. The number of anilines is 1. The monoisotopic (exact) mass is 438 g/mol. The van der Waals surface area contributed by atoms with Crippen LogP contribution in [0.4, 0.5) is 9.52 Å². The number of carbonyl (C=O) groups is 1. The van der Waals surface area contributed by atoms with Gasteiger partial charge in [0, 0.05) is 13.2 Å². The van der Waals surface area contributed by atoms with Gasteiger partial charge >= 0.3 is 0 Å². The highest BCUT2D eigenvalue weighted by molar-refractivity contribution is 7.92. The molecule has 1 amide bonds. The molecule has 2 aromatic rings. The van der Waals surface area contributed by atoms with E-state index in [1.54, 1.807) is 24.3 Å². The molecule has 2 heterocycles. The van der Waals surface area contributed by atoms with Crippen molar-refractivity contribution in [2.24, 2.45) is 5.92 Å². The highest BCUT2D eigenvalue weighted by Gasteiger charge is 2.37. The Bertz CT molecular complexity index is 965. The topological polar surface area (TPSA) is 85.4 Å². The van der Waals surface area contributed by atoms with Crippen LogP contribution in [-0.2, 0) is 19.4 Å². The molecule has 1 saturated carbocycles. The Kier molecular flexibility index (Phi) is 5.98. The van der Waals surface area contributed by atoms with Gasteiger partial charge in [0.25, 0.3) is 0 Å². The summed E-state index contributed by atoms with van der Waals surface area (Å²) in [5.74, 6) is -0.395. The lowest BCUT2D eigenvalue weighted by Gasteiger charge is -2.26. The number of rotatable bonds is 7. The summed E-state index contributed by atoms with van der Waals surface area (Å²) in [5.41, 5.74) is 0.751. The van der Waals surface area contributed by atoms with Crippen molar-refractivity contribution in [3.63, 3.8) is 0 Å². The molecule has 1 aromatic heterocycles. The molecule has 1 aromatic carbocycles. The van der Waals surface area contributed by atoms with Crippen LogP contribution in [0.3, 0.4) is 0 Å². The van der Waals surface area contributed by atoms with E-state index in [0.29, 0.717) is 43.3 Å². The molecule has 9 heteroatoms. The average molecular weight is 439 g/mol.